The first kappa shape index (κ1) is 17.2. The van der Waals surface area contributed by atoms with E-state index in [2.05, 4.69) is 47.9 Å². The van der Waals surface area contributed by atoms with Crippen molar-refractivity contribution in [1.82, 2.24) is 19.9 Å². The van der Waals surface area contributed by atoms with Crippen LogP contribution in [0.3, 0.4) is 0 Å². The lowest BCUT2D eigenvalue weighted by atomic mass is 9.96. The molecular formula is C21H24N6O. The maximum atomic E-state index is 6.10. The topological polar surface area (TPSA) is 67.3 Å². The van der Waals surface area contributed by atoms with Gasteiger partial charge in [-0.1, -0.05) is 0 Å². The highest BCUT2D eigenvalue weighted by molar-refractivity contribution is 5.86. The Morgan fingerprint density at radius 1 is 0.964 bits per heavy atom. The molecule has 0 spiro atoms. The number of ether oxygens (including phenoxy) is 1. The third kappa shape index (κ3) is 3.32. The van der Waals surface area contributed by atoms with Crippen LogP contribution in [0.25, 0.3) is 10.9 Å². The van der Waals surface area contributed by atoms with Gasteiger partial charge in [0.1, 0.15) is 24.1 Å². The van der Waals surface area contributed by atoms with Crippen LogP contribution in [0.2, 0.25) is 0 Å². The number of hydrogen-bond donors (Lipinski definition) is 0. The first-order valence-corrected chi connectivity index (χ1v) is 9.97. The first-order chi connectivity index (χ1) is 13.8. The van der Waals surface area contributed by atoms with E-state index >= 15 is 0 Å². The average molecular weight is 376 g/mol. The summed E-state index contributed by atoms with van der Waals surface area (Å²) >= 11 is 0. The molecule has 0 bridgehead atoms. The van der Waals surface area contributed by atoms with Crippen molar-refractivity contribution in [3.05, 3.63) is 42.6 Å². The summed E-state index contributed by atoms with van der Waals surface area (Å²) in [5.41, 5.74) is 2.13. The molecule has 2 aromatic heterocycles. The number of hydrogen-bond acceptors (Lipinski definition) is 7. The zero-order valence-electron chi connectivity index (χ0n) is 16.1. The first-order valence-electron chi connectivity index (χ1n) is 9.97. The highest BCUT2D eigenvalue weighted by atomic mass is 16.5. The van der Waals surface area contributed by atoms with Crippen LogP contribution >= 0.6 is 0 Å². The number of rotatable bonds is 4. The summed E-state index contributed by atoms with van der Waals surface area (Å²) in [6.45, 7) is 5.69. The maximum absolute atomic E-state index is 6.10. The van der Waals surface area contributed by atoms with Crippen LogP contribution in [0.15, 0.2) is 36.8 Å². The SMILES string of the molecule is Cc1nccc(N2CCN(c3ccc4ncnc(OC5CCC5)c4c3)CC2)n1. The highest BCUT2D eigenvalue weighted by Gasteiger charge is 2.22. The van der Waals surface area contributed by atoms with Crippen molar-refractivity contribution in [3.8, 4) is 5.88 Å². The van der Waals surface area contributed by atoms with Gasteiger partial charge in [-0.15, -0.1) is 0 Å². The summed E-state index contributed by atoms with van der Waals surface area (Å²) in [6, 6.07) is 8.38. The molecule has 3 heterocycles. The molecule has 7 heteroatoms. The van der Waals surface area contributed by atoms with Gasteiger partial charge in [0.15, 0.2) is 0 Å². The standard InChI is InChI=1S/C21H24N6O/c1-15-22-8-7-20(25-15)27-11-9-26(10-12-27)16-5-6-19-18(13-16)21(24-14-23-19)28-17-3-2-4-17/h5-8,13-14,17H,2-4,9-12H2,1H3. The zero-order valence-corrected chi connectivity index (χ0v) is 16.1. The minimum atomic E-state index is 0.307. The van der Waals surface area contributed by atoms with Crippen LogP contribution in [0.4, 0.5) is 11.5 Å². The molecule has 2 fully saturated rings. The monoisotopic (exact) mass is 376 g/mol. The van der Waals surface area contributed by atoms with Gasteiger partial charge in [-0.05, 0) is 50.5 Å². The maximum Gasteiger partial charge on any atom is 0.224 e. The summed E-state index contributed by atoms with van der Waals surface area (Å²) in [7, 11) is 0. The quantitative estimate of drug-likeness (QED) is 0.693. The Labute approximate surface area is 164 Å². The van der Waals surface area contributed by atoms with Gasteiger partial charge in [0.05, 0.1) is 10.9 Å². The minimum Gasteiger partial charge on any atom is -0.474 e. The lowest BCUT2D eigenvalue weighted by Gasteiger charge is -2.36. The summed E-state index contributed by atoms with van der Waals surface area (Å²) in [4.78, 5) is 22.3. The molecule has 5 rings (SSSR count). The van der Waals surface area contributed by atoms with Crippen LogP contribution < -0.4 is 14.5 Å². The Hall–Kier alpha value is -2.96. The molecule has 1 aromatic carbocycles. The Morgan fingerprint density at radius 2 is 1.79 bits per heavy atom. The van der Waals surface area contributed by atoms with E-state index in [4.69, 9.17) is 4.74 Å². The molecule has 0 amide bonds. The Morgan fingerprint density at radius 3 is 2.54 bits per heavy atom. The smallest absolute Gasteiger partial charge is 0.224 e. The predicted octanol–water partition coefficient (Wildman–Crippen LogP) is 2.99. The Kier molecular flexibility index (Phi) is 4.43. The molecule has 1 aliphatic heterocycles. The van der Waals surface area contributed by atoms with E-state index in [1.54, 1.807) is 6.33 Å². The van der Waals surface area contributed by atoms with Crippen molar-refractivity contribution >= 4 is 22.4 Å². The van der Waals surface area contributed by atoms with Gasteiger partial charge < -0.3 is 14.5 Å². The van der Waals surface area contributed by atoms with Gasteiger partial charge >= 0.3 is 0 Å². The molecule has 144 valence electrons. The van der Waals surface area contributed by atoms with Gasteiger partial charge in [0, 0.05) is 38.1 Å². The third-order valence-electron chi connectivity index (χ3n) is 5.64. The van der Waals surface area contributed by atoms with Gasteiger partial charge in [-0.2, -0.15) is 0 Å². The van der Waals surface area contributed by atoms with Crippen molar-refractivity contribution in [2.24, 2.45) is 0 Å². The van der Waals surface area contributed by atoms with Crippen molar-refractivity contribution in [3.63, 3.8) is 0 Å². The molecule has 0 atom stereocenters. The Balaban J connectivity index is 1.34. The average Bonchev–Trinajstić information content (AvgIpc) is 2.70. The van der Waals surface area contributed by atoms with E-state index in [9.17, 15) is 0 Å². The third-order valence-corrected chi connectivity index (χ3v) is 5.64. The van der Waals surface area contributed by atoms with Crippen LogP contribution in [-0.4, -0.2) is 52.2 Å². The summed E-state index contributed by atoms with van der Waals surface area (Å²) in [5, 5.41) is 1.00. The fourth-order valence-electron chi connectivity index (χ4n) is 3.77. The predicted molar refractivity (Wildman–Crippen MR) is 109 cm³/mol. The van der Waals surface area contributed by atoms with Gasteiger partial charge in [0.25, 0.3) is 0 Å². The number of nitrogens with zero attached hydrogens (tertiary/aromatic N) is 6. The molecule has 0 N–H and O–H groups in total. The molecule has 28 heavy (non-hydrogen) atoms. The van der Waals surface area contributed by atoms with E-state index in [0.29, 0.717) is 12.0 Å². The van der Waals surface area contributed by atoms with Crippen molar-refractivity contribution < 1.29 is 4.74 Å². The fraction of sp³-hybridized carbons (Fsp3) is 0.429. The summed E-state index contributed by atoms with van der Waals surface area (Å²) in [5.74, 6) is 2.54. The van der Waals surface area contributed by atoms with E-state index in [1.807, 2.05) is 19.2 Å². The molecular weight excluding hydrogens is 352 g/mol. The summed E-state index contributed by atoms with van der Waals surface area (Å²) in [6.07, 6.45) is 7.22. The van der Waals surface area contributed by atoms with E-state index < -0.39 is 0 Å². The number of benzene rings is 1. The molecule has 2 aliphatic rings. The van der Waals surface area contributed by atoms with Crippen LogP contribution in [-0.2, 0) is 0 Å². The van der Waals surface area contributed by atoms with Crippen molar-refractivity contribution in [1.29, 1.82) is 0 Å². The lowest BCUT2D eigenvalue weighted by Crippen LogP contribution is -2.46. The van der Waals surface area contributed by atoms with Gasteiger partial charge in [-0.25, -0.2) is 19.9 Å². The largest absolute Gasteiger partial charge is 0.474 e. The zero-order chi connectivity index (χ0) is 18.9. The molecule has 3 aromatic rings. The van der Waals surface area contributed by atoms with Crippen LogP contribution in [0.1, 0.15) is 25.1 Å². The van der Waals surface area contributed by atoms with E-state index in [-0.39, 0.29) is 0 Å². The molecule has 1 saturated carbocycles. The number of aromatic nitrogens is 4. The second kappa shape index (κ2) is 7.22. The van der Waals surface area contributed by atoms with Crippen molar-refractivity contribution in [2.75, 3.05) is 36.0 Å². The lowest BCUT2D eigenvalue weighted by molar-refractivity contribution is 0.116. The highest BCUT2D eigenvalue weighted by Crippen LogP contribution is 2.31. The molecule has 1 saturated heterocycles. The van der Waals surface area contributed by atoms with Gasteiger partial charge in [-0.3, -0.25) is 0 Å². The molecule has 0 unspecified atom stereocenters. The fourth-order valence-corrected chi connectivity index (χ4v) is 3.77. The number of fused-ring (bicyclic) bond motifs is 1. The second-order valence-electron chi connectivity index (χ2n) is 7.49. The minimum absolute atomic E-state index is 0.307. The van der Waals surface area contributed by atoms with Crippen LogP contribution in [0.5, 0.6) is 5.88 Å². The second-order valence-corrected chi connectivity index (χ2v) is 7.49. The normalized spacial score (nSPS) is 17.6. The number of anilines is 2. The van der Waals surface area contributed by atoms with Crippen molar-refractivity contribution in [2.45, 2.75) is 32.3 Å². The van der Waals surface area contributed by atoms with Gasteiger partial charge in [0.2, 0.25) is 5.88 Å². The molecule has 1 aliphatic carbocycles. The summed E-state index contributed by atoms with van der Waals surface area (Å²) < 4.78 is 6.10. The number of piperazine rings is 1. The van der Waals surface area contributed by atoms with E-state index in [1.165, 1.54) is 12.1 Å². The molecule has 0 radical (unpaired) electrons. The molecule has 7 nitrogen and oxygen atoms in total. The number of aryl methyl sites for hydroxylation is 1. The Bertz CT molecular complexity index is 982. The van der Waals surface area contributed by atoms with Crippen LogP contribution in [0, 0.1) is 6.92 Å². The van der Waals surface area contributed by atoms with E-state index in [0.717, 1.165) is 61.6 Å².